The third kappa shape index (κ3) is 5.30. The Morgan fingerprint density at radius 3 is 2.81 bits per heavy atom. The van der Waals surface area contributed by atoms with Gasteiger partial charge in [-0.05, 0) is 56.3 Å². The van der Waals surface area contributed by atoms with E-state index in [0.717, 1.165) is 30.8 Å². The third-order valence-electron chi connectivity index (χ3n) is 3.39. The quantitative estimate of drug-likeness (QED) is 0.782. The zero-order valence-electron chi connectivity index (χ0n) is 11.8. The molecule has 0 saturated carbocycles. The Kier molecular flexibility index (Phi) is 7.81. The summed E-state index contributed by atoms with van der Waals surface area (Å²) >= 11 is 7.56. The van der Waals surface area contributed by atoms with E-state index >= 15 is 0 Å². The lowest BCUT2D eigenvalue weighted by Crippen LogP contribution is -2.38. The normalized spacial score (nSPS) is 19.0. The average Bonchev–Trinajstić information content (AvgIpc) is 2.46. The zero-order valence-corrected chi connectivity index (χ0v) is 15.0. The van der Waals surface area contributed by atoms with Crippen LogP contribution in [-0.4, -0.2) is 34.3 Å². The van der Waals surface area contributed by atoms with E-state index in [1.54, 1.807) is 12.1 Å². The molecule has 2 N–H and O–H groups in total. The van der Waals surface area contributed by atoms with Crippen LogP contribution in [0.25, 0.3) is 0 Å². The van der Waals surface area contributed by atoms with Gasteiger partial charge in [0.25, 0.3) is 0 Å². The minimum absolute atomic E-state index is 0. The van der Waals surface area contributed by atoms with Gasteiger partial charge in [0.05, 0.1) is 9.92 Å². The molecule has 8 heteroatoms. The Morgan fingerprint density at radius 2 is 2.24 bits per heavy atom. The maximum atomic E-state index is 12.2. The highest BCUT2D eigenvalue weighted by Crippen LogP contribution is 2.27. The number of sulfonamides is 1. The number of thioether (sulfide) groups is 1. The van der Waals surface area contributed by atoms with Crippen molar-refractivity contribution in [3.63, 3.8) is 0 Å². The molecule has 1 aromatic carbocycles. The van der Waals surface area contributed by atoms with Crippen molar-refractivity contribution in [2.45, 2.75) is 22.6 Å². The number of piperidine rings is 1. The predicted molar refractivity (Wildman–Crippen MR) is 91.3 cm³/mol. The largest absolute Gasteiger partial charge is 0.316 e. The van der Waals surface area contributed by atoms with Crippen molar-refractivity contribution in [2.75, 3.05) is 25.9 Å². The molecule has 1 aliphatic heterocycles. The average molecular weight is 371 g/mol. The molecule has 120 valence electrons. The zero-order chi connectivity index (χ0) is 14.6. The van der Waals surface area contributed by atoms with Crippen LogP contribution in [0, 0.1) is 5.92 Å². The first kappa shape index (κ1) is 19.1. The summed E-state index contributed by atoms with van der Waals surface area (Å²) in [6, 6.07) is 4.84. The van der Waals surface area contributed by atoms with Gasteiger partial charge in [-0.3, -0.25) is 0 Å². The Balaban J connectivity index is 0.00000220. The molecule has 0 amide bonds. The van der Waals surface area contributed by atoms with Crippen molar-refractivity contribution in [3.8, 4) is 0 Å². The first-order valence-electron chi connectivity index (χ1n) is 6.57. The number of hydrogen-bond donors (Lipinski definition) is 2. The van der Waals surface area contributed by atoms with Gasteiger partial charge < -0.3 is 5.32 Å². The highest BCUT2D eigenvalue weighted by Gasteiger charge is 2.19. The smallest absolute Gasteiger partial charge is 0.240 e. The van der Waals surface area contributed by atoms with E-state index in [2.05, 4.69) is 10.0 Å². The van der Waals surface area contributed by atoms with E-state index in [9.17, 15) is 8.42 Å². The summed E-state index contributed by atoms with van der Waals surface area (Å²) in [7, 11) is -3.48. The van der Waals surface area contributed by atoms with Crippen LogP contribution < -0.4 is 10.0 Å². The summed E-state index contributed by atoms with van der Waals surface area (Å²) in [6.07, 6.45) is 4.06. The Bertz CT molecular complexity index is 561. The molecule has 1 atom stereocenters. The molecule has 1 fully saturated rings. The van der Waals surface area contributed by atoms with Gasteiger partial charge >= 0.3 is 0 Å². The maximum absolute atomic E-state index is 12.2. The van der Waals surface area contributed by atoms with E-state index < -0.39 is 10.0 Å². The van der Waals surface area contributed by atoms with Gasteiger partial charge in [-0.15, -0.1) is 24.2 Å². The number of benzene rings is 1. The van der Waals surface area contributed by atoms with Crippen molar-refractivity contribution >= 4 is 45.8 Å². The molecule has 1 aromatic rings. The second-order valence-corrected chi connectivity index (χ2v) is 7.88. The molecule has 2 rings (SSSR count). The van der Waals surface area contributed by atoms with Crippen molar-refractivity contribution in [3.05, 3.63) is 23.2 Å². The summed E-state index contributed by atoms with van der Waals surface area (Å²) in [4.78, 5) is 1.10. The summed E-state index contributed by atoms with van der Waals surface area (Å²) in [5.41, 5.74) is 0. The lowest BCUT2D eigenvalue weighted by molar-refractivity contribution is 0.376. The van der Waals surface area contributed by atoms with Crippen molar-refractivity contribution < 1.29 is 8.42 Å². The summed E-state index contributed by atoms with van der Waals surface area (Å²) in [5, 5.41) is 3.75. The van der Waals surface area contributed by atoms with Crippen LogP contribution in [-0.2, 0) is 10.0 Å². The standard InChI is InChI=1S/C13H19ClN2O2S2.ClH/c1-19-13-5-4-11(7-12(13)14)20(17,18)16-9-10-3-2-6-15-8-10;/h4-5,7,10,15-16H,2-3,6,8-9H2,1H3;1H. The molecular weight excluding hydrogens is 351 g/mol. The molecule has 0 aliphatic carbocycles. The van der Waals surface area contributed by atoms with Gasteiger partial charge in [0.15, 0.2) is 0 Å². The summed E-state index contributed by atoms with van der Waals surface area (Å²) in [5.74, 6) is 0.361. The molecule has 0 spiro atoms. The second kappa shape index (κ2) is 8.60. The van der Waals surface area contributed by atoms with Crippen molar-refractivity contribution in [1.29, 1.82) is 0 Å². The van der Waals surface area contributed by atoms with E-state index in [4.69, 9.17) is 11.6 Å². The molecule has 0 radical (unpaired) electrons. The van der Waals surface area contributed by atoms with Gasteiger partial charge in [0.2, 0.25) is 10.0 Å². The van der Waals surface area contributed by atoms with Gasteiger partial charge in [0, 0.05) is 11.4 Å². The van der Waals surface area contributed by atoms with Crippen LogP contribution >= 0.6 is 35.8 Å². The Hall–Kier alpha value is 0.0200. The Morgan fingerprint density at radius 1 is 1.48 bits per heavy atom. The fraction of sp³-hybridized carbons (Fsp3) is 0.538. The third-order valence-corrected chi connectivity index (χ3v) is 6.04. The van der Waals surface area contributed by atoms with Crippen LogP contribution in [0.3, 0.4) is 0 Å². The van der Waals surface area contributed by atoms with E-state index in [0.29, 0.717) is 17.5 Å². The van der Waals surface area contributed by atoms with Crippen LogP contribution in [0.5, 0.6) is 0 Å². The van der Waals surface area contributed by atoms with Crippen molar-refractivity contribution in [2.24, 2.45) is 5.92 Å². The fourth-order valence-corrected chi connectivity index (χ4v) is 4.30. The maximum Gasteiger partial charge on any atom is 0.240 e. The van der Waals surface area contributed by atoms with Gasteiger partial charge in [-0.2, -0.15) is 0 Å². The van der Waals surface area contributed by atoms with E-state index in [1.807, 2.05) is 6.26 Å². The SMILES string of the molecule is CSc1ccc(S(=O)(=O)NCC2CCCNC2)cc1Cl.Cl. The fourth-order valence-electron chi connectivity index (χ4n) is 2.22. The summed E-state index contributed by atoms with van der Waals surface area (Å²) < 4.78 is 27.1. The molecule has 1 aliphatic rings. The molecular formula is C13H20Cl2N2O2S2. The monoisotopic (exact) mass is 370 g/mol. The number of nitrogens with one attached hydrogen (secondary N) is 2. The molecule has 4 nitrogen and oxygen atoms in total. The topological polar surface area (TPSA) is 58.2 Å². The predicted octanol–water partition coefficient (Wildman–Crippen LogP) is 2.76. The van der Waals surface area contributed by atoms with Crippen molar-refractivity contribution in [1.82, 2.24) is 10.0 Å². The first-order valence-corrected chi connectivity index (χ1v) is 9.65. The van der Waals surface area contributed by atoms with Crippen LogP contribution in [0.1, 0.15) is 12.8 Å². The summed E-state index contributed by atoms with van der Waals surface area (Å²) in [6.45, 7) is 2.36. The lowest BCUT2D eigenvalue weighted by Gasteiger charge is -2.22. The molecule has 21 heavy (non-hydrogen) atoms. The molecule has 1 heterocycles. The number of hydrogen-bond acceptors (Lipinski definition) is 4. The number of rotatable bonds is 5. The highest BCUT2D eigenvalue weighted by molar-refractivity contribution is 7.98. The van der Waals surface area contributed by atoms with Crippen LogP contribution in [0.15, 0.2) is 28.0 Å². The molecule has 0 bridgehead atoms. The van der Waals surface area contributed by atoms with Crippen LogP contribution in [0.4, 0.5) is 0 Å². The number of halogens is 2. The molecule has 1 unspecified atom stereocenters. The minimum Gasteiger partial charge on any atom is -0.316 e. The molecule has 0 aromatic heterocycles. The van der Waals surface area contributed by atoms with Gasteiger partial charge in [0.1, 0.15) is 0 Å². The van der Waals surface area contributed by atoms with Gasteiger partial charge in [-0.1, -0.05) is 11.6 Å². The van der Waals surface area contributed by atoms with E-state index in [-0.39, 0.29) is 17.3 Å². The minimum atomic E-state index is -3.48. The van der Waals surface area contributed by atoms with E-state index in [1.165, 1.54) is 17.8 Å². The lowest BCUT2D eigenvalue weighted by atomic mass is 10.0. The van der Waals surface area contributed by atoms with Crippen LogP contribution in [0.2, 0.25) is 5.02 Å². The second-order valence-electron chi connectivity index (χ2n) is 4.86. The highest BCUT2D eigenvalue weighted by atomic mass is 35.5. The molecule has 1 saturated heterocycles. The van der Waals surface area contributed by atoms with Gasteiger partial charge in [-0.25, -0.2) is 13.1 Å². The first-order chi connectivity index (χ1) is 9.53. The Labute approximate surface area is 141 Å².